The Hall–Kier alpha value is -2.63. The molecular formula is C21H28N4O2. The van der Waals surface area contributed by atoms with Crippen molar-refractivity contribution in [3.63, 3.8) is 0 Å². The normalized spacial score (nSPS) is 14.7. The minimum atomic E-state index is -0.228. The number of nitrogens with zero attached hydrogens (tertiary/aromatic N) is 3. The molecule has 1 fully saturated rings. The maximum absolute atomic E-state index is 12.7. The topological polar surface area (TPSA) is 67.3 Å². The molecule has 1 N–H and O–H groups in total. The van der Waals surface area contributed by atoms with E-state index in [4.69, 9.17) is 4.74 Å². The maximum atomic E-state index is 12.7. The molecule has 3 rings (SSSR count). The molecular weight excluding hydrogens is 340 g/mol. The van der Waals surface area contributed by atoms with E-state index in [-0.39, 0.29) is 12.0 Å². The van der Waals surface area contributed by atoms with Gasteiger partial charge in [0.1, 0.15) is 23.1 Å². The van der Waals surface area contributed by atoms with Gasteiger partial charge in [0, 0.05) is 24.8 Å². The lowest BCUT2D eigenvalue weighted by Crippen LogP contribution is -2.26. The predicted molar refractivity (Wildman–Crippen MR) is 108 cm³/mol. The van der Waals surface area contributed by atoms with Crippen molar-refractivity contribution in [1.29, 1.82) is 0 Å². The Kier molecular flexibility index (Phi) is 6.27. The van der Waals surface area contributed by atoms with Gasteiger partial charge in [-0.3, -0.25) is 4.79 Å². The number of carbonyl (C=O) groups excluding carboxylic acids is 1. The highest BCUT2D eigenvalue weighted by atomic mass is 16.5. The zero-order valence-corrected chi connectivity index (χ0v) is 16.4. The molecule has 1 saturated heterocycles. The fraction of sp³-hybridized carbons (Fsp3) is 0.476. The van der Waals surface area contributed by atoms with Crippen LogP contribution in [-0.2, 0) is 0 Å². The zero-order chi connectivity index (χ0) is 19.2. The number of anilines is 2. The van der Waals surface area contributed by atoms with E-state index in [1.165, 1.54) is 12.8 Å². The Bertz CT molecular complexity index is 766. The average Bonchev–Trinajstić information content (AvgIpc) is 2.92. The van der Waals surface area contributed by atoms with Crippen LogP contribution >= 0.6 is 0 Å². The number of rotatable bonds is 5. The number of aromatic nitrogens is 2. The first-order valence-corrected chi connectivity index (χ1v) is 9.70. The number of hydrogen-bond donors (Lipinski definition) is 1. The minimum Gasteiger partial charge on any atom is -0.491 e. The van der Waals surface area contributed by atoms with Gasteiger partial charge in [-0.2, -0.15) is 0 Å². The Morgan fingerprint density at radius 3 is 2.37 bits per heavy atom. The number of ether oxygens (including phenoxy) is 1. The summed E-state index contributed by atoms with van der Waals surface area (Å²) < 4.78 is 5.63. The molecule has 1 aromatic heterocycles. The summed E-state index contributed by atoms with van der Waals surface area (Å²) in [6.07, 6.45) is 4.95. The second-order valence-corrected chi connectivity index (χ2v) is 7.20. The molecule has 0 saturated carbocycles. The molecule has 0 spiro atoms. The third kappa shape index (κ3) is 5.42. The van der Waals surface area contributed by atoms with Gasteiger partial charge >= 0.3 is 0 Å². The molecule has 144 valence electrons. The van der Waals surface area contributed by atoms with Gasteiger partial charge < -0.3 is 15.0 Å². The van der Waals surface area contributed by atoms with Gasteiger partial charge in [-0.25, -0.2) is 9.97 Å². The van der Waals surface area contributed by atoms with E-state index in [9.17, 15) is 4.79 Å². The number of amides is 1. The predicted octanol–water partition coefficient (Wildman–Crippen LogP) is 4.20. The third-order valence-electron chi connectivity index (χ3n) is 4.47. The second kappa shape index (κ2) is 8.84. The van der Waals surface area contributed by atoms with Crippen LogP contribution in [-0.4, -0.2) is 35.1 Å². The maximum Gasteiger partial charge on any atom is 0.274 e. The second-order valence-electron chi connectivity index (χ2n) is 7.20. The van der Waals surface area contributed by atoms with Crippen molar-refractivity contribution in [2.45, 2.75) is 52.6 Å². The van der Waals surface area contributed by atoms with Crippen LogP contribution in [0.4, 0.5) is 11.5 Å². The molecule has 0 unspecified atom stereocenters. The highest BCUT2D eigenvalue weighted by Crippen LogP contribution is 2.20. The highest BCUT2D eigenvalue weighted by molar-refractivity contribution is 6.03. The highest BCUT2D eigenvalue weighted by Gasteiger charge is 2.16. The fourth-order valence-corrected chi connectivity index (χ4v) is 3.21. The van der Waals surface area contributed by atoms with E-state index in [1.54, 1.807) is 6.07 Å². The lowest BCUT2D eigenvalue weighted by molar-refractivity contribution is 0.102. The van der Waals surface area contributed by atoms with Crippen LogP contribution in [0.2, 0.25) is 0 Å². The summed E-state index contributed by atoms with van der Waals surface area (Å²) in [5.74, 6) is 2.01. The van der Waals surface area contributed by atoms with Crippen LogP contribution in [0, 0.1) is 6.92 Å². The number of nitrogens with one attached hydrogen (secondary N) is 1. The van der Waals surface area contributed by atoms with Crippen molar-refractivity contribution in [3.05, 3.63) is 41.9 Å². The molecule has 6 nitrogen and oxygen atoms in total. The lowest BCUT2D eigenvalue weighted by atomic mass is 10.2. The van der Waals surface area contributed by atoms with E-state index in [0.29, 0.717) is 17.2 Å². The molecule has 0 bridgehead atoms. The summed E-state index contributed by atoms with van der Waals surface area (Å²) in [5, 5.41) is 2.91. The first-order valence-electron chi connectivity index (χ1n) is 9.70. The van der Waals surface area contributed by atoms with Gasteiger partial charge in [-0.05, 0) is 57.9 Å². The first kappa shape index (κ1) is 19.1. The number of benzene rings is 1. The Morgan fingerprint density at radius 1 is 1.07 bits per heavy atom. The van der Waals surface area contributed by atoms with Crippen molar-refractivity contribution in [3.8, 4) is 5.75 Å². The number of carbonyl (C=O) groups is 1. The van der Waals surface area contributed by atoms with Crippen molar-refractivity contribution in [1.82, 2.24) is 9.97 Å². The summed E-state index contributed by atoms with van der Waals surface area (Å²) in [4.78, 5) is 23.8. The molecule has 1 aliphatic heterocycles. The molecule has 27 heavy (non-hydrogen) atoms. The Morgan fingerprint density at radius 2 is 1.74 bits per heavy atom. The van der Waals surface area contributed by atoms with Crippen molar-refractivity contribution >= 4 is 17.4 Å². The summed E-state index contributed by atoms with van der Waals surface area (Å²) >= 11 is 0. The van der Waals surface area contributed by atoms with E-state index in [1.807, 2.05) is 45.0 Å². The molecule has 6 heteroatoms. The quantitative estimate of drug-likeness (QED) is 0.856. The lowest BCUT2D eigenvalue weighted by Gasteiger charge is -2.22. The van der Waals surface area contributed by atoms with Gasteiger partial charge in [0.05, 0.1) is 6.10 Å². The SMILES string of the molecule is Cc1nc(C(=O)Nc2ccc(OC(C)C)cc2)cc(N2CCCCCC2)n1. The van der Waals surface area contributed by atoms with Crippen molar-refractivity contribution in [2.75, 3.05) is 23.3 Å². The zero-order valence-electron chi connectivity index (χ0n) is 16.4. The minimum absolute atomic E-state index is 0.117. The molecule has 1 aromatic carbocycles. The molecule has 1 amide bonds. The molecule has 2 aromatic rings. The van der Waals surface area contributed by atoms with E-state index in [2.05, 4.69) is 20.2 Å². The van der Waals surface area contributed by atoms with Gasteiger partial charge in [0.2, 0.25) is 0 Å². The number of aryl methyl sites for hydroxylation is 1. The summed E-state index contributed by atoms with van der Waals surface area (Å²) in [5.41, 5.74) is 1.10. The molecule has 0 atom stereocenters. The van der Waals surface area contributed by atoms with Gasteiger partial charge in [0.25, 0.3) is 5.91 Å². The van der Waals surface area contributed by atoms with E-state index in [0.717, 1.165) is 37.5 Å². The van der Waals surface area contributed by atoms with Crippen LogP contribution in [0.25, 0.3) is 0 Å². The van der Waals surface area contributed by atoms with Crippen LogP contribution in [0.1, 0.15) is 55.8 Å². The van der Waals surface area contributed by atoms with E-state index < -0.39 is 0 Å². The van der Waals surface area contributed by atoms with E-state index >= 15 is 0 Å². The smallest absolute Gasteiger partial charge is 0.274 e. The van der Waals surface area contributed by atoms with Crippen LogP contribution < -0.4 is 15.0 Å². The van der Waals surface area contributed by atoms with Crippen LogP contribution in [0.5, 0.6) is 5.75 Å². The summed E-state index contributed by atoms with van der Waals surface area (Å²) in [6, 6.07) is 9.16. The molecule has 2 heterocycles. The number of hydrogen-bond acceptors (Lipinski definition) is 5. The fourth-order valence-electron chi connectivity index (χ4n) is 3.21. The average molecular weight is 368 g/mol. The Balaban J connectivity index is 1.72. The van der Waals surface area contributed by atoms with Gasteiger partial charge in [-0.1, -0.05) is 12.8 Å². The third-order valence-corrected chi connectivity index (χ3v) is 4.47. The van der Waals surface area contributed by atoms with Gasteiger partial charge in [0.15, 0.2) is 0 Å². The van der Waals surface area contributed by atoms with Crippen molar-refractivity contribution in [2.24, 2.45) is 0 Å². The Labute approximate surface area is 161 Å². The molecule has 0 aliphatic carbocycles. The standard InChI is InChI=1S/C21H28N4O2/c1-15(2)27-18-10-8-17(9-11-18)24-21(26)19-14-20(23-16(3)22-19)25-12-6-4-5-7-13-25/h8-11,14-15H,4-7,12-13H2,1-3H3,(H,24,26). The summed E-state index contributed by atoms with van der Waals surface area (Å²) in [7, 11) is 0. The van der Waals surface area contributed by atoms with Crippen LogP contribution in [0.3, 0.4) is 0 Å². The first-order chi connectivity index (χ1) is 13.0. The van der Waals surface area contributed by atoms with Crippen LogP contribution in [0.15, 0.2) is 30.3 Å². The van der Waals surface area contributed by atoms with Gasteiger partial charge in [-0.15, -0.1) is 0 Å². The monoisotopic (exact) mass is 368 g/mol. The molecule has 1 aliphatic rings. The molecule has 0 radical (unpaired) electrons. The van der Waals surface area contributed by atoms with Crippen molar-refractivity contribution < 1.29 is 9.53 Å². The largest absolute Gasteiger partial charge is 0.491 e. The summed E-state index contributed by atoms with van der Waals surface area (Å²) in [6.45, 7) is 7.75.